The molecule has 3 aromatic heterocycles. The van der Waals surface area contributed by atoms with E-state index in [0.717, 1.165) is 21.9 Å². The summed E-state index contributed by atoms with van der Waals surface area (Å²) in [5, 5.41) is 7.41. The second kappa shape index (κ2) is 10.8. The van der Waals surface area contributed by atoms with Crippen molar-refractivity contribution >= 4 is 75.3 Å². The van der Waals surface area contributed by atoms with Crippen LogP contribution in [-0.2, 0) is 5.41 Å². The molecule has 254 valence electrons. The lowest BCUT2D eigenvalue weighted by Crippen LogP contribution is -2.14. The fraction of sp³-hybridized carbons (Fsp3) is 0.0588. The van der Waals surface area contributed by atoms with Crippen LogP contribution in [0.5, 0.6) is 0 Å². The Morgan fingerprint density at radius 1 is 0.444 bits per heavy atom. The highest BCUT2D eigenvalue weighted by atomic mass is 32.1. The first-order valence-corrected chi connectivity index (χ1v) is 19.5. The zero-order chi connectivity index (χ0) is 35.7. The molecule has 0 N–H and O–H groups in total. The Labute approximate surface area is 316 Å². The molecule has 0 saturated heterocycles. The lowest BCUT2D eigenvalue weighted by molar-refractivity contribution is 0.660. The topological polar surface area (TPSA) is 18.1 Å². The van der Waals surface area contributed by atoms with Crippen molar-refractivity contribution in [2.24, 2.45) is 0 Å². The van der Waals surface area contributed by atoms with Gasteiger partial charge in [0, 0.05) is 47.1 Å². The molecule has 8 aromatic carbocycles. The number of rotatable bonds is 3. The molecule has 0 atom stereocenters. The van der Waals surface area contributed by atoms with E-state index in [4.69, 9.17) is 4.42 Å². The Balaban J connectivity index is 1.07. The van der Waals surface area contributed by atoms with E-state index in [0.29, 0.717) is 0 Å². The van der Waals surface area contributed by atoms with Gasteiger partial charge in [0.05, 0.1) is 16.7 Å². The number of benzene rings is 8. The summed E-state index contributed by atoms with van der Waals surface area (Å²) in [7, 11) is 0. The third-order valence-corrected chi connectivity index (χ3v) is 13.1. The summed E-state index contributed by atoms with van der Waals surface area (Å²) < 4.78 is 11.3. The van der Waals surface area contributed by atoms with Crippen molar-refractivity contribution in [1.82, 2.24) is 4.57 Å². The van der Waals surface area contributed by atoms with Gasteiger partial charge in [-0.05, 0) is 105 Å². The van der Waals surface area contributed by atoms with Crippen LogP contribution < -0.4 is 0 Å². The third kappa shape index (κ3) is 4.05. The van der Waals surface area contributed by atoms with E-state index in [9.17, 15) is 0 Å². The van der Waals surface area contributed by atoms with E-state index in [1.54, 1.807) is 0 Å². The van der Waals surface area contributed by atoms with Crippen LogP contribution in [0, 0.1) is 0 Å². The molecule has 0 spiro atoms. The molecule has 1 aliphatic carbocycles. The largest absolute Gasteiger partial charge is 0.456 e. The molecule has 3 heteroatoms. The summed E-state index contributed by atoms with van der Waals surface area (Å²) in [6.07, 6.45) is 0. The summed E-state index contributed by atoms with van der Waals surface area (Å²) >= 11 is 1.87. The van der Waals surface area contributed by atoms with Crippen LogP contribution in [-0.4, -0.2) is 4.57 Å². The number of nitrogens with zero attached hydrogens (tertiary/aromatic N) is 1. The number of aromatic nitrogens is 1. The van der Waals surface area contributed by atoms with Crippen molar-refractivity contribution in [3.63, 3.8) is 0 Å². The minimum atomic E-state index is -0.0407. The Hall–Kier alpha value is -6.42. The van der Waals surface area contributed by atoms with Crippen molar-refractivity contribution in [3.05, 3.63) is 175 Å². The van der Waals surface area contributed by atoms with Crippen LogP contribution in [0.4, 0.5) is 0 Å². The first kappa shape index (κ1) is 30.1. The number of thiophene rings is 1. The van der Waals surface area contributed by atoms with Gasteiger partial charge in [-0.15, -0.1) is 11.3 Å². The predicted octanol–water partition coefficient (Wildman–Crippen LogP) is 14.7. The fourth-order valence-corrected chi connectivity index (χ4v) is 10.6. The van der Waals surface area contributed by atoms with Gasteiger partial charge in [-0.1, -0.05) is 117 Å². The van der Waals surface area contributed by atoms with Crippen molar-refractivity contribution in [2.75, 3.05) is 0 Å². The van der Waals surface area contributed by atoms with Crippen molar-refractivity contribution in [2.45, 2.75) is 19.3 Å². The quantitative estimate of drug-likeness (QED) is 0.179. The molecule has 12 rings (SSSR count). The van der Waals surface area contributed by atoms with Crippen molar-refractivity contribution < 1.29 is 4.42 Å². The van der Waals surface area contributed by atoms with Gasteiger partial charge < -0.3 is 8.98 Å². The van der Waals surface area contributed by atoms with Gasteiger partial charge in [0.1, 0.15) is 11.2 Å². The Bertz CT molecular complexity index is 3370. The first-order chi connectivity index (χ1) is 26.5. The van der Waals surface area contributed by atoms with Crippen LogP contribution >= 0.6 is 11.3 Å². The van der Waals surface area contributed by atoms with E-state index in [1.807, 2.05) is 17.4 Å². The lowest BCUT2D eigenvalue weighted by atomic mass is 9.81. The maximum Gasteiger partial charge on any atom is 0.135 e. The molecule has 1 aliphatic rings. The summed E-state index contributed by atoms with van der Waals surface area (Å²) in [5.41, 5.74) is 15.9. The van der Waals surface area contributed by atoms with Gasteiger partial charge in [0.2, 0.25) is 0 Å². The molecule has 11 aromatic rings. The van der Waals surface area contributed by atoms with Crippen LogP contribution in [0.2, 0.25) is 0 Å². The molecular formula is C51H33NOS. The molecular weight excluding hydrogens is 675 g/mol. The standard InChI is InChI=1S/C51H33NOS/c1-51(2)40-15-6-3-11-34(40)35-24-21-31(29-41(35)51)30-22-25-43-38(27-30)36-12-4-7-16-42(36)52(43)44-17-10-20-48-50(44)49-33(14-9-19-47(49)54-48)32-23-26-46-39(28-32)37-13-5-8-18-45(37)53-46/h3-29H,1-2H3. The van der Waals surface area contributed by atoms with Crippen LogP contribution in [0.25, 0.3) is 103 Å². The molecule has 0 aliphatic heterocycles. The van der Waals surface area contributed by atoms with E-state index >= 15 is 0 Å². The number of fused-ring (bicyclic) bond motifs is 12. The second-order valence-corrected chi connectivity index (χ2v) is 16.3. The van der Waals surface area contributed by atoms with Gasteiger partial charge in [0.15, 0.2) is 0 Å². The van der Waals surface area contributed by atoms with Crippen molar-refractivity contribution in [1.29, 1.82) is 0 Å². The normalized spacial score (nSPS) is 13.5. The highest BCUT2D eigenvalue weighted by Crippen LogP contribution is 2.50. The Kier molecular flexibility index (Phi) is 6.03. The molecule has 0 amide bonds. The van der Waals surface area contributed by atoms with Crippen LogP contribution in [0.1, 0.15) is 25.0 Å². The molecule has 0 fully saturated rings. The van der Waals surface area contributed by atoms with Gasteiger partial charge in [-0.25, -0.2) is 0 Å². The first-order valence-electron chi connectivity index (χ1n) is 18.7. The Morgan fingerprint density at radius 2 is 1.09 bits per heavy atom. The van der Waals surface area contributed by atoms with Crippen LogP contribution in [0.3, 0.4) is 0 Å². The molecule has 2 nitrogen and oxygen atoms in total. The molecule has 0 radical (unpaired) electrons. The molecule has 3 heterocycles. The number of furan rings is 1. The molecule has 0 unspecified atom stereocenters. The Morgan fingerprint density at radius 3 is 2.02 bits per heavy atom. The van der Waals surface area contributed by atoms with Gasteiger partial charge in [-0.2, -0.15) is 0 Å². The second-order valence-electron chi connectivity index (χ2n) is 15.3. The SMILES string of the molecule is CC1(C)c2ccccc2-c2ccc(-c3ccc4c(c3)c3ccccc3n4-c3cccc4sc5cccc(-c6ccc7oc8ccccc8c7c6)c5c34)cc21. The zero-order valence-corrected chi connectivity index (χ0v) is 30.7. The van der Waals surface area contributed by atoms with E-state index in [1.165, 1.54) is 92.2 Å². The third-order valence-electron chi connectivity index (χ3n) is 12.0. The van der Waals surface area contributed by atoms with Crippen LogP contribution in [0.15, 0.2) is 168 Å². The minimum Gasteiger partial charge on any atom is -0.456 e. The predicted molar refractivity (Wildman–Crippen MR) is 229 cm³/mol. The fourth-order valence-electron chi connectivity index (χ4n) is 9.46. The molecule has 0 saturated carbocycles. The average molecular weight is 708 g/mol. The minimum absolute atomic E-state index is 0.0407. The monoisotopic (exact) mass is 707 g/mol. The summed E-state index contributed by atoms with van der Waals surface area (Å²) in [6, 6.07) is 60.4. The lowest BCUT2D eigenvalue weighted by Gasteiger charge is -2.22. The average Bonchev–Trinajstić information content (AvgIpc) is 3.94. The summed E-state index contributed by atoms with van der Waals surface area (Å²) in [6.45, 7) is 4.71. The van der Waals surface area contributed by atoms with Crippen molar-refractivity contribution in [3.8, 4) is 39.1 Å². The summed E-state index contributed by atoms with van der Waals surface area (Å²) in [5.74, 6) is 0. The highest BCUT2D eigenvalue weighted by molar-refractivity contribution is 7.26. The van der Waals surface area contributed by atoms with E-state index in [-0.39, 0.29) is 5.41 Å². The number of para-hydroxylation sites is 2. The van der Waals surface area contributed by atoms with Gasteiger partial charge in [0.25, 0.3) is 0 Å². The number of hydrogen-bond donors (Lipinski definition) is 0. The zero-order valence-electron chi connectivity index (χ0n) is 29.9. The molecule has 54 heavy (non-hydrogen) atoms. The number of hydrogen-bond acceptors (Lipinski definition) is 2. The smallest absolute Gasteiger partial charge is 0.135 e. The molecule has 0 bridgehead atoms. The van der Waals surface area contributed by atoms with Gasteiger partial charge in [-0.3, -0.25) is 0 Å². The maximum absolute atomic E-state index is 6.21. The van der Waals surface area contributed by atoms with Gasteiger partial charge >= 0.3 is 0 Å². The van der Waals surface area contributed by atoms with E-state index in [2.05, 4.69) is 176 Å². The summed E-state index contributed by atoms with van der Waals surface area (Å²) in [4.78, 5) is 0. The maximum atomic E-state index is 6.21. The highest BCUT2D eigenvalue weighted by Gasteiger charge is 2.35. The van der Waals surface area contributed by atoms with E-state index < -0.39 is 0 Å².